The summed E-state index contributed by atoms with van der Waals surface area (Å²) in [7, 11) is 0. The van der Waals surface area contributed by atoms with Crippen LogP contribution in [-0.2, 0) is 0 Å². The summed E-state index contributed by atoms with van der Waals surface area (Å²) in [6, 6.07) is 9.36. The predicted molar refractivity (Wildman–Crippen MR) is 60.6 cm³/mol. The van der Waals surface area contributed by atoms with Crippen molar-refractivity contribution < 1.29 is 9.84 Å². The number of benzene rings is 1. The Kier molecular flexibility index (Phi) is 3.20. The average Bonchev–Trinajstić information content (AvgIpc) is 2.18. The van der Waals surface area contributed by atoms with Gasteiger partial charge >= 0.3 is 0 Å². The van der Waals surface area contributed by atoms with Crippen LogP contribution in [0.5, 0.6) is 5.75 Å². The first kappa shape index (κ1) is 11.8. The third-order valence-corrected chi connectivity index (χ3v) is 2.66. The molecule has 0 fully saturated rings. The van der Waals surface area contributed by atoms with Crippen molar-refractivity contribution in [2.75, 3.05) is 0 Å². The minimum absolute atomic E-state index is 0.713. The molecule has 1 atom stereocenters. The van der Waals surface area contributed by atoms with Gasteiger partial charge in [-0.2, -0.15) is 0 Å². The molecule has 0 saturated carbocycles. The van der Waals surface area contributed by atoms with E-state index >= 15 is 0 Å². The molecule has 15 heavy (non-hydrogen) atoms. The first-order valence-electron chi connectivity index (χ1n) is 4.91. The van der Waals surface area contributed by atoms with Crippen LogP contribution in [0.4, 0.5) is 0 Å². The molecule has 2 heteroatoms. The van der Waals surface area contributed by atoms with E-state index < -0.39 is 11.2 Å². The largest absolute Gasteiger partial charge is 0.485 e. The molecule has 0 aliphatic heterocycles. The minimum Gasteiger partial charge on any atom is -0.485 e. The van der Waals surface area contributed by atoms with Crippen LogP contribution < -0.4 is 4.74 Å². The number of rotatable bonds is 4. The van der Waals surface area contributed by atoms with Gasteiger partial charge in [0, 0.05) is 0 Å². The van der Waals surface area contributed by atoms with E-state index in [1.807, 2.05) is 30.3 Å². The second kappa shape index (κ2) is 4.07. The van der Waals surface area contributed by atoms with Crippen LogP contribution in [0.25, 0.3) is 0 Å². The summed E-state index contributed by atoms with van der Waals surface area (Å²) in [5.74, 6) is 0.713. The van der Waals surface area contributed by atoms with E-state index in [1.54, 1.807) is 20.8 Å². The average molecular weight is 205 g/mol. The quantitative estimate of drug-likeness (QED) is 0.818. The zero-order chi connectivity index (χ0) is 11.5. The monoisotopic (exact) mass is 205 g/mol. The molecule has 0 aliphatic rings. The maximum Gasteiger partial charge on any atom is 0.135 e. The molecule has 1 aromatic rings. The van der Waals surface area contributed by atoms with Crippen LogP contribution >= 0.6 is 0 Å². The highest BCUT2D eigenvalue weighted by Gasteiger charge is 2.39. The van der Waals surface area contributed by atoms with Crippen molar-refractivity contribution >= 4 is 0 Å². The predicted octanol–water partition coefficient (Wildman–Crippen LogP) is 2.58. The second-order valence-electron chi connectivity index (χ2n) is 4.24. The molecule has 0 saturated heterocycles. The fourth-order valence-electron chi connectivity index (χ4n) is 1.09. The smallest absolute Gasteiger partial charge is 0.135 e. The van der Waals surface area contributed by atoms with Crippen LogP contribution in [0, 0.1) is 6.58 Å². The summed E-state index contributed by atoms with van der Waals surface area (Å²) in [4.78, 5) is 0. The lowest BCUT2D eigenvalue weighted by molar-refractivity contribution is -0.0707. The van der Waals surface area contributed by atoms with Gasteiger partial charge in [-0.1, -0.05) is 24.8 Å². The van der Waals surface area contributed by atoms with Gasteiger partial charge in [0.1, 0.15) is 17.0 Å². The number of ether oxygens (including phenoxy) is 1. The van der Waals surface area contributed by atoms with Crippen molar-refractivity contribution in [2.45, 2.75) is 32.0 Å². The van der Waals surface area contributed by atoms with Crippen molar-refractivity contribution in [3.8, 4) is 5.75 Å². The van der Waals surface area contributed by atoms with Crippen molar-refractivity contribution in [2.24, 2.45) is 0 Å². The molecule has 0 aliphatic carbocycles. The summed E-state index contributed by atoms with van der Waals surface area (Å²) in [5.41, 5.74) is -1.95. The third-order valence-electron chi connectivity index (χ3n) is 2.66. The lowest BCUT2D eigenvalue weighted by atomic mass is 9.87. The first-order valence-corrected chi connectivity index (χ1v) is 4.91. The number of hydrogen-bond acceptors (Lipinski definition) is 2. The van der Waals surface area contributed by atoms with E-state index in [1.165, 1.54) is 6.08 Å². The van der Waals surface area contributed by atoms with Gasteiger partial charge in [0.05, 0.1) is 0 Å². The summed E-state index contributed by atoms with van der Waals surface area (Å²) in [6.07, 6.45) is 1.25. The molecular formula is C13H17O2. The lowest BCUT2D eigenvalue weighted by Gasteiger charge is -2.37. The van der Waals surface area contributed by atoms with Gasteiger partial charge in [0.15, 0.2) is 0 Å². The van der Waals surface area contributed by atoms with Gasteiger partial charge in [0.25, 0.3) is 0 Å². The van der Waals surface area contributed by atoms with Gasteiger partial charge in [0.2, 0.25) is 0 Å². The molecule has 0 heterocycles. The molecule has 1 unspecified atom stereocenters. The topological polar surface area (TPSA) is 29.5 Å². The molecule has 0 aromatic heterocycles. The molecular weight excluding hydrogens is 188 g/mol. The van der Waals surface area contributed by atoms with Crippen LogP contribution in [-0.4, -0.2) is 16.3 Å². The van der Waals surface area contributed by atoms with Gasteiger partial charge in [-0.05, 0) is 39.0 Å². The number of aliphatic hydroxyl groups is 1. The molecule has 81 valence electrons. The zero-order valence-electron chi connectivity index (χ0n) is 9.40. The van der Waals surface area contributed by atoms with E-state index in [-0.39, 0.29) is 0 Å². The zero-order valence-corrected chi connectivity index (χ0v) is 9.40. The summed E-state index contributed by atoms with van der Waals surface area (Å²) >= 11 is 0. The number of para-hydroxylation sites is 1. The van der Waals surface area contributed by atoms with E-state index in [2.05, 4.69) is 0 Å². The fraction of sp³-hybridized carbons (Fsp3) is 0.385. The lowest BCUT2D eigenvalue weighted by Crippen LogP contribution is -2.50. The molecule has 1 N–H and O–H groups in total. The maximum absolute atomic E-state index is 10.0. The molecule has 1 radical (unpaired) electrons. The first-order chi connectivity index (χ1) is 6.89. The van der Waals surface area contributed by atoms with Crippen LogP contribution in [0.3, 0.4) is 0 Å². The van der Waals surface area contributed by atoms with Crippen LogP contribution in [0.15, 0.2) is 36.4 Å². The van der Waals surface area contributed by atoms with Crippen molar-refractivity contribution in [1.82, 2.24) is 0 Å². The minimum atomic E-state index is -1.18. The summed E-state index contributed by atoms with van der Waals surface area (Å²) in [6.45, 7) is 10.6. The molecule has 1 aromatic carbocycles. The van der Waals surface area contributed by atoms with Gasteiger partial charge in [-0.15, -0.1) is 0 Å². The Bertz CT molecular complexity index is 326. The van der Waals surface area contributed by atoms with E-state index in [4.69, 9.17) is 11.3 Å². The number of hydrogen-bond donors (Lipinski definition) is 1. The van der Waals surface area contributed by atoms with E-state index in [0.717, 1.165) is 0 Å². The molecule has 1 rings (SSSR count). The second-order valence-corrected chi connectivity index (χ2v) is 4.24. The highest BCUT2D eigenvalue weighted by atomic mass is 16.5. The Hall–Kier alpha value is -1.28. The third kappa shape index (κ3) is 2.60. The van der Waals surface area contributed by atoms with Crippen molar-refractivity contribution in [3.63, 3.8) is 0 Å². The van der Waals surface area contributed by atoms with Crippen molar-refractivity contribution in [1.29, 1.82) is 0 Å². The Balaban J connectivity index is 2.86. The van der Waals surface area contributed by atoms with Gasteiger partial charge in [-0.25, -0.2) is 0 Å². The Morgan fingerprint density at radius 2 is 1.73 bits per heavy atom. The molecule has 0 spiro atoms. The van der Waals surface area contributed by atoms with Crippen molar-refractivity contribution in [3.05, 3.63) is 43.0 Å². The highest BCUT2D eigenvalue weighted by Crippen LogP contribution is 2.28. The Labute approximate surface area is 91.2 Å². The summed E-state index contributed by atoms with van der Waals surface area (Å²) < 4.78 is 5.70. The fourth-order valence-corrected chi connectivity index (χ4v) is 1.09. The molecule has 2 nitrogen and oxygen atoms in total. The Morgan fingerprint density at radius 1 is 1.20 bits per heavy atom. The van der Waals surface area contributed by atoms with Gasteiger partial charge in [-0.3, -0.25) is 0 Å². The van der Waals surface area contributed by atoms with E-state index in [0.29, 0.717) is 5.75 Å². The Morgan fingerprint density at radius 3 is 2.20 bits per heavy atom. The maximum atomic E-state index is 10.0. The highest BCUT2D eigenvalue weighted by molar-refractivity contribution is 5.23. The van der Waals surface area contributed by atoms with Crippen LogP contribution in [0.1, 0.15) is 20.8 Å². The van der Waals surface area contributed by atoms with Gasteiger partial charge < -0.3 is 9.84 Å². The van der Waals surface area contributed by atoms with Crippen LogP contribution in [0.2, 0.25) is 0 Å². The summed E-state index contributed by atoms with van der Waals surface area (Å²) in [5, 5.41) is 10.0. The normalized spacial score (nSPS) is 15.5. The van der Waals surface area contributed by atoms with E-state index in [9.17, 15) is 5.11 Å². The molecule has 0 bridgehead atoms. The standard InChI is InChI=1S/C13H17O2/c1-5-13(4,14)12(2,3)15-11-9-7-6-8-10-11/h1,5-10,14H,2-4H3. The SMILES string of the molecule is [CH]=CC(C)(O)C(C)(C)Oc1ccccc1. The molecule has 0 amide bonds.